The van der Waals surface area contributed by atoms with E-state index in [2.05, 4.69) is 10.1 Å². The van der Waals surface area contributed by atoms with Gasteiger partial charge in [-0.3, -0.25) is 9.89 Å². The third-order valence-electron chi connectivity index (χ3n) is 3.42. The van der Waals surface area contributed by atoms with Gasteiger partial charge in [-0.05, 0) is 31.0 Å². The summed E-state index contributed by atoms with van der Waals surface area (Å²) in [5.41, 5.74) is 3.95. The van der Waals surface area contributed by atoms with E-state index in [9.17, 15) is 4.79 Å². The normalized spacial score (nSPS) is 11.2. The van der Waals surface area contributed by atoms with Crippen LogP contribution in [0.1, 0.15) is 18.2 Å². The standard InChI is InChI=1S/C15H14ClN3O/c1-3-12-9(2)17-14-8-13(18-19(14)15(12)20)10-4-6-11(16)7-5-10/h4-8,18H,3H2,1-2H3. The lowest BCUT2D eigenvalue weighted by Gasteiger charge is -2.01. The molecular weight excluding hydrogens is 274 g/mol. The molecule has 4 nitrogen and oxygen atoms in total. The number of halogens is 1. The second kappa shape index (κ2) is 4.80. The fourth-order valence-corrected chi connectivity index (χ4v) is 2.48. The summed E-state index contributed by atoms with van der Waals surface area (Å²) in [6.45, 7) is 3.83. The molecule has 2 heterocycles. The van der Waals surface area contributed by atoms with Gasteiger partial charge >= 0.3 is 0 Å². The Bertz CT molecular complexity index is 831. The summed E-state index contributed by atoms with van der Waals surface area (Å²) in [4.78, 5) is 16.8. The lowest BCUT2D eigenvalue weighted by molar-refractivity contribution is 0.856. The highest BCUT2D eigenvalue weighted by Gasteiger charge is 2.11. The van der Waals surface area contributed by atoms with Crippen LogP contribution in [0.15, 0.2) is 35.1 Å². The van der Waals surface area contributed by atoms with Crippen molar-refractivity contribution in [3.63, 3.8) is 0 Å². The van der Waals surface area contributed by atoms with Crippen LogP contribution in [-0.2, 0) is 6.42 Å². The molecule has 2 aromatic heterocycles. The number of aromatic amines is 1. The fourth-order valence-electron chi connectivity index (χ4n) is 2.35. The number of rotatable bonds is 2. The average Bonchev–Trinajstić information content (AvgIpc) is 2.84. The molecule has 20 heavy (non-hydrogen) atoms. The van der Waals surface area contributed by atoms with E-state index in [1.54, 1.807) is 0 Å². The molecule has 0 bridgehead atoms. The van der Waals surface area contributed by atoms with E-state index in [0.717, 1.165) is 22.5 Å². The van der Waals surface area contributed by atoms with Crippen molar-refractivity contribution in [3.8, 4) is 11.3 Å². The van der Waals surface area contributed by atoms with Gasteiger partial charge in [-0.15, -0.1) is 0 Å². The topological polar surface area (TPSA) is 50.2 Å². The molecule has 102 valence electrons. The van der Waals surface area contributed by atoms with Gasteiger partial charge in [-0.25, -0.2) is 9.50 Å². The van der Waals surface area contributed by atoms with E-state index in [4.69, 9.17) is 11.6 Å². The Hall–Kier alpha value is -2.07. The van der Waals surface area contributed by atoms with Crippen LogP contribution < -0.4 is 5.56 Å². The van der Waals surface area contributed by atoms with Gasteiger partial charge in [0.05, 0.1) is 5.69 Å². The first-order valence-electron chi connectivity index (χ1n) is 6.47. The maximum absolute atomic E-state index is 12.3. The van der Waals surface area contributed by atoms with Crippen LogP contribution in [0.5, 0.6) is 0 Å². The molecule has 0 aliphatic rings. The number of nitrogens with one attached hydrogen (secondary N) is 1. The Balaban J connectivity index is 2.23. The Morgan fingerprint density at radius 2 is 2.00 bits per heavy atom. The van der Waals surface area contributed by atoms with Crippen molar-refractivity contribution in [2.45, 2.75) is 20.3 Å². The molecule has 0 atom stereocenters. The molecule has 0 saturated carbocycles. The van der Waals surface area contributed by atoms with Gasteiger partial charge in [-0.1, -0.05) is 30.7 Å². The highest BCUT2D eigenvalue weighted by atomic mass is 35.5. The van der Waals surface area contributed by atoms with Crippen LogP contribution >= 0.6 is 11.6 Å². The number of benzene rings is 1. The molecule has 0 spiro atoms. The van der Waals surface area contributed by atoms with Crippen LogP contribution in [0.4, 0.5) is 0 Å². The van der Waals surface area contributed by atoms with Crippen LogP contribution in [0.3, 0.4) is 0 Å². The van der Waals surface area contributed by atoms with Crippen molar-refractivity contribution < 1.29 is 0 Å². The zero-order valence-corrected chi connectivity index (χ0v) is 12.0. The quantitative estimate of drug-likeness (QED) is 0.787. The maximum Gasteiger partial charge on any atom is 0.276 e. The molecule has 0 radical (unpaired) electrons. The Morgan fingerprint density at radius 3 is 2.65 bits per heavy atom. The second-order valence-corrected chi connectivity index (χ2v) is 5.14. The number of aromatic nitrogens is 3. The Kier molecular flexibility index (Phi) is 3.10. The molecule has 0 fully saturated rings. The molecule has 0 saturated heterocycles. The first-order valence-corrected chi connectivity index (χ1v) is 6.85. The number of aryl methyl sites for hydroxylation is 1. The number of hydrogen-bond acceptors (Lipinski definition) is 2. The molecule has 1 N–H and O–H groups in total. The van der Waals surface area contributed by atoms with E-state index in [1.807, 2.05) is 44.2 Å². The minimum atomic E-state index is -0.0322. The van der Waals surface area contributed by atoms with Gasteiger partial charge in [0.15, 0.2) is 5.65 Å². The highest BCUT2D eigenvalue weighted by molar-refractivity contribution is 6.30. The summed E-state index contributed by atoms with van der Waals surface area (Å²) in [6.07, 6.45) is 0.676. The predicted octanol–water partition coefficient (Wildman–Crippen LogP) is 3.21. The monoisotopic (exact) mass is 287 g/mol. The van der Waals surface area contributed by atoms with E-state index >= 15 is 0 Å². The van der Waals surface area contributed by atoms with Crippen LogP contribution in [0, 0.1) is 6.92 Å². The lowest BCUT2D eigenvalue weighted by atomic mass is 10.1. The van der Waals surface area contributed by atoms with Gasteiger partial charge < -0.3 is 0 Å². The van der Waals surface area contributed by atoms with Gasteiger partial charge in [-0.2, -0.15) is 0 Å². The molecule has 5 heteroatoms. The summed E-state index contributed by atoms with van der Waals surface area (Å²) in [6, 6.07) is 9.33. The summed E-state index contributed by atoms with van der Waals surface area (Å²) >= 11 is 5.89. The summed E-state index contributed by atoms with van der Waals surface area (Å²) < 4.78 is 1.50. The van der Waals surface area contributed by atoms with Crippen molar-refractivity contribution in [2.24, 2.45) is 0 Å². The summed E-state index contributed by atoms with van der Waals surface area (Å²) in [5, 5.41) is 3.78. The minimum absolute atomic E-state index is 0.0322. The molecule has 3 rings (SSSR count). The predicted molar refractivity (Wildman–Crippen MR) is 80.4 cm³/mol. The third-order valence-corrected chi connectivity index (χ3v) is 3.68. The van der Waals surface area contributed by atoms with E-state index < -0.39 is 0 Å². The molecule has 0 aliphatic heterocycles. The van der Waals surface area contributed by atoms with E-state index in [0.29, 0.717) is 17.1 Å². The van der Waals surface area contributed by atoms with Crippen LogP contribution in [0.25, 0.3) is 16.9 Å². The molecule has 3 aromatic rings. The third kappa shape index (κ3) is 2.02. The Labute approximate surface area is 121 Å². The minimum Gasteiger partial charge on any atom is -0.289 e. The largest absolute Gasteiger partial charge is 0.289 e. The second-order valence-electron chi connectivity index (χ2n) is 4.70. The maximum atomic E-state index is 12.3. The lowest BCUT2D eigenvalue weighted by Crippen LogP contribution is -2.21. The number of H-pyrrole nitrogens is 1. The van der Waals surface area contributed by atoms with Crippen molar-refractivity contribution in [1.82, 2.24) is 14.6 Å². The molecular formula is C15H14ClN3O. The van der Waals surface area contributed by atoms with Crippen LogP contribution in [0.2, 0.25) is 5.02 Å². The van der Waals surface area contributed by atoms with Crippen molar-refractivity contribution in [3.05, 3.63) is 57.0 Å². The zero-order chi connectivity index (χ0) is 14.3. The van der Waals surface area contributed by atoms with Gasteiger partial charge in [0.2, 0.25) is 0 Å². The van der Waals surface area contributed by atoms with Crippen LogP contribution in [-0.4, -0.2) is 14.6 Å². The number of fused-ring (bicyclic) bond motifs is 1. The zero-order valence-electron chi connectivity index (χ0n) is 11.3. The van der Waals surface area contributed by atoms with Crippen molar-refractivity contribution >= 4 is 17.2 Å². The van der Waals surface area contributed by atoms with Crippen molar-refractivity contribution in [1.29, 1.82) is 0 Å². The molecule has 0 aliphatic carbocycles. The van der Waals surface area contributed by atoms with Gasteiger partial charge in [0.25, 0.3) is 5.56 Å². The van der Waals surface area contributed by atoms with E-state index in [-0.39, 0.29) is 5.56 Å². The smallest absolute Gasteiger partial charge is 0.276 e. The number of nitrogens with zero attached hydrogens (tertiary/aromatic N) is 2. The van der Waals surface area contributed by atoms with E-state index in [1.165, 1.54) is 4.52 Å². The summed E-state index contributed by atoms with van der Waals surface area (Å²) in [5.74, 6) is 0. The van der Waals surface area contributed by atoms with Gasteiger partial charge in [0.1, 0.15) is 0 Å². The fraction of sp³-hybridized carbons (Fsp3) is 0.200. The Morgan fingerprint density at radius 1 is 1.30 bits per heavy atom. The first kappa shape index (κ1) is 12.9. The molecule has 0 unspecified atom stereocenters. The van der Waals surface area contributed by atoms with Gasteiger partial charge in [0, 0.05) is 22.3 Å². The molecule has 1 aromatic carbocycles. The van der Waals surface area contributed by atoms with Crippen molar-refractivity contribution in [2.75, 3.05) is 0 Å². The summed E-state index contributed by atoms with van der Waals surface area (Å²) in [7, 11) is 0. The SMILES string of the molecule is CCc1c(C)nc2cc(-c3ccc(Cl)cc3)[nH]n2c1=O. The number of hydrogen-bond donors (Lipinski definition) is 1. The average molecular weight is 288 g/mol. The first-order chi connectivity index (χ1) is 9.60. The molecule has 0 amide bonds. The highest BCUT2D eigenvalue weighted by Crippen LogP contribution is 2.21.